The third kappa shape index (κ3) is 27.0. The molecule has 1 fully saturated rings. The second kappa shape index (κ2) is 31.9. The molecule has 8 atom stereocenters. The molecule has 1 saturated heterocycles. The maximum atomic E-state index is 11.4. The van der Waals surface area contributed by atoms with E-state index < -0.39 is 5.97 Å². The van der Waals surface area contributed by atoms with Crippen LogP contribution in [0.5, 0.6) is 0 Å². The Bertz CT molecular complexity index is 1050. The van der Waals surface area contributed by atoms with Crippen LogP contribution >= 0.6 is 15.9 Å². The molecule has 312 valence electrons. The van der Waals surface area contributed by atoms with E-state index in [9.17, 15) is 19.2 Å². The number of nitrogens with two attached hydrogens (primary N) is 1. The van der Waals surface area contributed by atoms with Crippen molar-refractivity contribution in [1.29, 1.82) is 0 Å². The zero-order valence-electron chi connectivity index (χ0n) is 35.6. The van der Waals surface area contributed by atoms with Crippen LogP contribution in [0.15, 0.2) is 5.11 Å². The van der Waals surface area contributed by atoms with Gasteiger partial charge < -0.3 is 25.1 Å². The molecule has 0 bridgehead atoms. The summed E-state index contributed by atoms with van der Waals surface area (Å²) in [6.45, 7) is 31.6. The number of carboxylic acid groups (broad SMARTS) is 1. The third-order valence-corrected chi connectivity index (χ3v) is 11.7. The highest BCUT2D eigenvalue weighted by molar-refractivity contribution is 9.09. The number of cyclic esters (lactones) is 1. The van der Waals surface area contributed by atoms with E-state index in [2.05, 4.69) is 109 Å². The van der Waals surface area contributed by atoms with Gasteiger partial charge in [0.15, 0.2) is 0 Å². The van der Waals surface area contributed by atoms with E-state index in [1.165, 1.54) is 0 Å². The van der Waals surface area contributed by atoms with Gasteiger partial charge in [-0.1, -0.05) is 104 Å². The summed E-state index contributed by atoms with van der Waals surface area (Å²) in [4.78, 5) is 46.6. The van der Waals surface area contributed by atoms with Crippen molar-refractivity contribution in [3.8, 4) is 0 Å². The topological polar surface area (TPSA) is 191 Å². The zero-order chi connectivity index (χ0) is 41.8. The first-order valence-corrected chi connectivity index (χ1v) is 20.7. The molecule has 0 aliphatic carbocycles. The first-order valence-electron chi connectivity index (χ1n) is 19.6. The molecule has 3 N–H and O–H groups in total. The monoisotopic (exact) mass is 820 g/mol. The summed E-state index contributed by atoms with van der Waals surface area (Å²) in [5.41, 5.74) is 13.8. The highest BCUT2D eigenvalue weighted by atomic mass is 79.9. The average molecular weight is 822 g/mol. The zero-order valence-corrected chi connectivity index (χ0v) is 37.2. The third-order valence-electron chi connectivity index (χ3n) is 10.9. The van der Waals surface area contributed by atoms with Crippen LogP contribution in [-0.2, 0) is 33.4 Å². The molecule has 0 aromatic carbocycles. The first-order chi connectivity index (χ1) is 24.6. The molecular formula is C40H77BrN4O8. The smallest absolute Gasteiger partial charge is 0.306 e. The van der Waals surface area contributed by atoms with E-state index in [1.54, 1.807) is 6.92 Å². The molecule has 1 aliphatic heterocycles. The van der Waals surface area contributed by atoms with Gasteiger partial charge in [0.2, 0.25) is 0 Å². The number of carboxylic acids is 1. The van der Waals surface area contributed by atoms with Crippen LogP contribution in [0.4, 0.5) is 0 Å². The summed E-state index contributed by atoms with van der Waals surface area (Å²) in [7, 11) is 0. The van der Waals surface area contributed by atoms with Gasteiger partial charge in [0.05, 0.1) is 26.2 Å². The van der Waals surface area contributed by atoms with Crippen LogP contribution in [0.25, 0.3) is 10.4 Å². The van der Waals surface area contributed by atoms with Gasteiger partial charge in [0.1, 0.15) is 0 Å². The molecule has 0 aromatic rings. The van der Waals surface area contributed by atoms with Crippen molar-refractivity contribution >= 4 is 39.8 Å². The van der Waals surface area contributed by atoms with Crippen molar-refractivity contribution in [2.75, 3.05) is 38.2 Å². The standard InChI is InChI=1S/C11H21BrO2.C11H21N3O2.C9H19NO2.C9H16O2/c1-5-14-11(13)6-10(7-12)9(4)8(2)3;1-5-16-11(15)6-10(7-13-14-12)9(4)8(2)3;1-6(2)7(3)8(5-10)4-9(11)12;1-6(2)7(3)8-4-9(10)11-5-8/h8-10H,5-7H2,1-4H3;8-10H,5-7H2,1-4H3;6-8H,4-5,10H2,1-3H3,(H,11,12);6-8H,4-5H2,1-3H3/t2*9-,10+;2*7-,8+/m1111/s1. The van der Waals surface area contributed by atoms with Gasteiger partial charge in [-0.3, -0.25) is 19.2 Å². The number of nitrogens with zero attached hydrogens (tertiary/aromatic N) is 3. The molecule has 53 heavy (non-hydrogen) atoms. The Balaban J connectivity index is -0.000000634. The lowest BCUT2D eigenvalue weighted by atomic mass is 9.83. The number of hydrogen-bond donors (Lipinski definition) is 2. The molecule has 0 spiro atoms. The predicted molar refractivity (Wildman–Crippen MR) is 217 cm³/mol. The fraction of sp³-hybridized carbons (Fsp3) is 0.900. The molecule has 0 aromatic heterocycles. The molecule has 0 saturated carbocycles. The Kier molecular flexibility index (Phi) is 33.1. The minimum atomic E-state index is -0.752. The minimum absolute atomic E-state index is 0.0255. The second-order valence-corrected chi connectivity index (χ2v) is 16.4. The van der Waals surface area contributed by atoms with Gasteiger partial charge in [0.25, 0.3) is 0 Å². The van der Waals surface area contributed by atoms with Crippen molar-refractivity contribution in [1.82, 2.24) is 0 Å². The molecule has 1 aliphatic rings. The molecule has 1 heterocycles. The van der Waals surface area contributed by atoms with E-state index in [0.29, 0.717) is 111 Å². The van der Waals surface area contributed by atoms with Crippen LogP contribution in [0.2, 0.25) is 0 Å². The number of carbonyl (C=O) groups excluding carboxylic acids is 3. The molecule has 0 amide bonds. The van der Waals surface area contributed by atoms with Gasteiger partial charge in [-0.25, -0.2) is 0 Å². The van der Waals surface area contributed by atoms with Gasteiger partial charge in [-0.05, 0) is 91.0 Å². The van der Waals surface area contributed by atoms with Crippen molar-refractivity contribution in [2.45, 2.75) is 123 Å². The summed E-state index contributed by atoms with van der Waals surface area (Å²) >= 11 is 3.46. The molecule has 0 unspecified atom stereocenters. The molecule has 13 heteroatoms. The van der Waals surface area contributed by atoms with Crippen LogP contribution in [-0.4, -0.2) is 67.2 Å². The number of aliphatic carboxylic acids is 1. The number of esters is 3. The second-order valence-electron chi connectivity index (χ2n) is 15.8. The lowest BCUT2D eigenvalue weighted by Gasteiger charge is -2.24. The highest BCUT2D eigenvalue weighted by Crippen LogP contribution is 2.28. The SMILES string of the molecule is CC(C)[C@@H](C)[C@@H]1COC(=O)C1.CC(C)[C@@H](C)[C@H](CN)CC(=O)O.CCOC(=O)C[C@@H](CBr)[C@H](C)C(C)C.CCOC(=O)C[C@@H](CN=[N+]=[N-])[C@H](C)C(C)C. The Hall–Kier alpha value is -2.37. The van der Waals surface area contributed by atoms with Crippen molar-refractivity contribution in [3.05, 3.63) is 10.4 Å². The van der Waals surface area contributed by atoms with E-state index >= 15 is 0 Å². The first kappa shape index (κ1) is 55.0. The predicted octanol–water partition coefficient (Wildman–Crippen LogP) is 9.57. The minimum Gasteiger partial charge on any atom is -0.481 e. The summed E-state index contributed by atoms with van der Waals surface area (Å²) in [6.07, 6.45) is 1.67. The van der Waals surface area contributed by atoms with Gasteiger partial charge >= 0.3 is 23.9 Å². The average Bonchev–Trinajstić information content (AvgIpc) is 3.53. The van der Waals surface area contributed by atoms with Gasteiger partial charge in [-0.2, -0.15) is 0 Å². The molecule has 12 nitrogen and oxygen atoms in total. The Morgan fingerprint density at radius 1 is 0.811 bits per heavy atom. The van der Waals surface area contributed by atoms with E-state index in [0.717, 1.165) is 5.33 Å². The largest absolute Gasteiger partial charge is 0.481 e. The summed E-state index contributed by atoms with van der Waals surface area (Å²) < 4.78 is 14.8. The van der Waals surface area contributed by atoms with Crippen LogP contribution in [0.1, 0.15) is 123 Å². The number of carbonyl (C=O) groups is 4. The summed E-state index contributed by atoms with van der Waals surface area (Å²) in [6, 6.07) is 0. The summed E-state index contributed by atoms with van der Waals surface area (Å²) in [5.74, 6) is 4.00. The lowest BCUT2D eigenvalue weighted by molar-refractivity contribution is -0.145. The molecule has 0 radical (unpaired) electrons. The molecule has 1 rings (SSSR count). The summed E-state index contributed by atoms with van der Waals surface area (Å²) in [5, 5.41) is 13.0. The normalized spacial score (nSPS) is 17.6. The van der Waals surface area contributed by atoms with Crippen molar-refractivity contribution < 1.29 is 38.5 Å². The maximum absolute atomic E-state index is 11.4. The number of azide groups is 1. The maximum Gasteiger partial charge on any atom is 0.306 e. The Morgan fingerprint density at radius 2 is 1.25 bits per heavy atom. The van der Waals surface area contributed by atoms with Crippen LogP contribution in [0.3, 0.4) is 0 Å². The van der Waals surface area contributed by atoms with Crippen molar-refractivity contribution in [2.24, 2.45) is 81.9 Å². The van der Waals surface area contributed by atoms with Crippen LogP contribution < -0.4 is 5.73 Å². The van der Waals surface area contributed by atoms with Crippen molar-refractivity contribution in [3.63, 3.8) is 0 Å². The van der Waals surface area contributed by atoms with Gasteiger partial charge in [0, 0.05) is 42.0 Å². The fourth-order valence-electron chi connectivity index (χ4n) is 5.56. The van der Waals surface area contributed by atoms with Gasteiger partial charge in [-0.15, -0.1) is 0 Å². The number of alkyl halides is 1. The lowest BCUT2D eigenvalue weighted by Crippen LogP contribution is -2.27. The number of ether oxygens (including phenoxy) is 3. The number of rotatable bonds is 20. The fourth-order valence-corrected chi connectivity index (χ4v) is 6.38. The van der Waals surface area contributed by atoms with E-state index in [4.69, 9.17) is 30.6 Å². The Labute approximate surface area is 330 Å². The van der Waals surface area contributed by atoms with E-state index in [-0.39, 0.29) is 36.2 Å². The molecular weight excluding hydrogens is 744 g/mol. The van der Waals surface area contributed by atoms with Crippen LogP contribution in [0, 0.1) is 71.0 Å². The number of halogens is 1. The Morgan fingerprint density at radius 3 is 1.57 bits per heavy atom. The number of hydrogen-bond acceptors (Lipinski definition) is 9. The quantitative estimate of drug-likeness (QED) is 0.0301. The highest BCUT2D eigenvalue weighted by Gasteiger charge is 2.30. The van der Waals surface area contributed by atoms with E-state index in [1.807, 2.05) is 6.92 Å².